The van der Waals surface area contributed by atoms with Crippen LogP contribution in [0.15, 0.2) is 18.2 Å². The number of alkyl halides is 2. The van der Waals surface area contributed by atoms with Gasteiger partial charge in [-0.2, -0.15) is 0 Å². The van der Waals surface area contributed by atoms with E-state index >= 15 is 0 Å². The average molecular weight is 243 g/mol. The van der Waals surface area contributed by atoms with Crippen molar-refractivity contribution in [3.05, 3.63) is 34.9 Å². The molecular formula is C12H15F2NO2. The van der Waals surface area contributed by atoms with Crippen molar-refractivity contribution >= 4 is 5.91 Å². The largest absolute Gasteiger partial charge is 0.390 e. The van der Waals surface area contributed by atoms with Crippen LogP contribution in [0, 0.1) is 13.8 Å². The molecule has 0 saturated carbocycles. The number of benzene rings is 1. The van der Waals surface area contributed by atoms with Crippen LogP contribution in [0.1, 0.15) is 21.5 Å². The number of aryl methyl sites for hydroxylation is 2. The van der Waals surface area contributed by atoms with E-state index in [0.717, 1.165) is 11.1 Å². The molecule has 0 aliphatic carbocycles. The van der Waals surface area contributed by atoms with Crippen molar-refractivity contribution in [1.82, 2.24) is 5.32 Å². The highest BCUT2D eigenvalue weighted by Gasteiger charge is 2.28. The zero-order valence-electron chi connectivity index (χ0n) is 9.76. The van der Waals surface area contributed by atoms with Crippen LogP contribution >= 0.6 is 0 Å². The highest BCUT2D eigenvalue weighted by atomic mass is 19.3. The Morgan fingerprint density at radius 1 is 1.35 bits per heavy atom. The topological polar surface area (TPSA) is 49.3 Å². The van der Waals surface area contributed by atoms with Gasteiger partial charge in [-0.05, 0) is 25.0 Å². The van der Waals surface area contributed by atoms with E-state index in [2.05, 4.69) is 5.32 Å². The Balaban J connectivity index is 2.78. The quantitative estimate of drug-likeness (QED) is 0.845. The number of carbonyl (C=O) groups excluding carboxylic acids is 1. The summed E-state index contributed by atoms with van der Waals surface area (Å²) in [4.78, 5) is 11.7. The van der Waals surface area contributed by atoms with Gasteiger partial charge >= 0.3 is 0 Å². The van der Waals surface area contributed by atoms with Gasteiger partial charge in [0.1, 0.15) is 6.61 Å². The first-order chi connectivity index (χ1) is 7.87. The third kappa shape index (κ3) is 3.49. The van der Waals surface area contributed by atoms with Crippen LogP contribution in [0.5, 0.6) is 0 Å². The van der Waals surface area contributed by atoms with Gasteiger partial charge < -0.3 is 10.4 Å². The van der Waals surface area contributed by atoms with Crippen molar-refractivity contribution in [2.24, 2.45) is 0 Å². The second kappa shape index (κ2) is 5.23. The van der Waals surface area contributed by atoms with Crippen LogP contribution in [0.2, 0.25) is 0 Å². The Labute approximate surface area is 98.5 Å². The van der Waals surface area contributed by atoms with E-state index in [1.54, 1.807) is 32.0 Å². The molecule has 0 unspecified atom stereocenters. The molecule has 0 heterocycles. The van der Waals surface area contributed by atoms with E-state index in [0.29, 0.717) is 5.56 Å². The standard InChI is InChI=1S/C12H15F2NO2/c1-8-4-3-5-9(2)10(8)11(17)15-6-12(13,14)7-16/h3-5,16H,6-7H2,1-2H3,(H,15,17). The van der Waals surface area contributed by atoms with Gasteiger partial charge in [0.25, 0.3) is 11.8 Å². The molecule has 0 atom stereocenters. The Morgan fingerprint density at radius 3 is 2.35 bits per heavy atom. The van der Waals surface area contributed by atoms with Crippen molar-refractivity contribution in [2.45, 2.75) is 19.8 Å². The number of hydrogen-bond acceptors (Lipinski definition) is 2. The van der Waals surface area contributed by atoms with E-state index in [4.69, 9.17) is 5.11 Å². The molecule has 94 valence electrons. The maximum absolute atomic E-state index is 12.8. The minimum atomic E-state index is -3.29. The van der Waals surface area contributed by atoms with Crippen LogP contribution in [-0.2, 0) is 0 Å². The van der Waals surface area contributed by atoms with Gasteiger partial charge in [0.15, 0.2) is 0 Å². The molecule has 2 N–H and O–H groups in total. The molecule has 1 amide bonds. The first-order valence-electron chi connectivity index (χ1n) is 5.20. The summed E-state index contributed by atoms with van der Waals surface area (Å²) in [5.74, 6) is -3.83. The molecule has 0 aliphatic heterocycles. The molecule has 0 spiro atoms. The first kappa shape index (κ1) is 13.6. The van der Waals surface area contributed by atoms with E-state index in [1.165, 1.54) is 0 Å². The Hall–Kier alpha value is -1.49. The molecule has 17 heavy (non-hydrogen) atoms. The smallest absolute Gasteiger partial charge is 0.287 e. The number of halogens is 2. The van der Waals surface area contributed by atoms with Crippen LogP contribution in [0.25, 0.3) is 0 Å². The molecule has 3 nitrogen and oxygen atoms in total. The third-order valence-corrected chi connectivity index (χ3v) is 2.45. The maximum Gasteiger partial charge on any atom is 0.287 e. The fraction of sp³-hybridized carbons (Fsp3) is 0.417. The lowest BCUT2D eigenvalue weighted by Gasteiger charge is -2.15. The summed E-state index contributed by atoms with van der Waals surface area (Å²) >= 11 is 0. The number of nitrogens with one attached hydrogen (secondary N) is 1. The normalized spacial score (nSPS) is 11.4. The highest BCUT2D eigenvalue weighted by molar-refractivity contribution is 5.97. The zero-order valence-corrected chi connectivity index (χ0v) is 9.76. The highest BCUT2D eigenvalue weighted by Crippen LogP contribution is 2.14. The van der Waals surface area contributed by atoms with Gasteiger partial charge in [-0.1, -0.05) is 18.2 Å². The van der Waals surface area contributed by atoms with Crippen molar-refractivity contribution in [1.29, 1.82) is 0 Å². The maximum atomic E-state index is 12.8. The lowest BCUT2D eigenvalue weighted by atomic mass is 10.0. The second-order valence-corrected chi connectivity index (χ2v) is 3.96. The predicted octanol–water partition coefficient (Wildman–Crippen LogP) is 1.66. The number of amides is 1. The Kier molecular flexibility index (Phi) is 4.17. The fourth-order valence-corrected chi connectivity index (χ4v) is 1.53. The Morgan fingerprint density at radius 2 is 1.88 bits per heavy atom. The second-order valence-electron chi connectivity index (χ2n) is 3.96. The van der Waals surface area contributed by atoms with Gasteiger partial charge in [0.05, 0.1) is 6.54 Å². The monoisotopic (exact) mass is 243 g/mol. The summed E-state index contributed by atoms with van der Waals surface area (Å²) in [6.07, 6.45) is 0. The van der Waals surface area contributed by atoms with Gasteiger partial charge in [-0.3, -0.25) is 4.79 Å². The molecule has 1 rings (SSSR count). The van der Waals surface area contributed by atoms with Crippen LogP contribution in [0.3, 0.4) is 0 Å². The lowest BCUT2D eigenvalue weighted by Crippen LogP contribution is -2.39. The molecule has 0 aliphatic rings. The summed E-state index contributed by atoms with van der Waals surface area (Å²) in [7, 11) is 0. The average Bonchev–Trinajstić information content (AvgIpc) is 2.26. The molecule has 0 bridgehead atoms. The molecule has 0 aromatic heterocycles. The fourth-order valence-electron chi connectivity index (χ4n) is 1.53. The van der Waals surface area contributed by atoms with Crippen molar-refractivity contribution in [2.75, 3.05) is 13.2 Å². The third-order valence-electron chi connectivity index (χ3n) is 2.45. The van der Waals surface area contributed by atoms with Crippen LogP contribution in [0.4, 0.5) is 8.78 Å². The number of aliphatic hydroxyl groups excluding tert-OH is 1. The van der Waals surface area contributed by atoms with E-state index < -0.39 is 25.0 Å². The molecule has 0 radical (unpaired) electrons. The van der Waals surface area contributed by atoms with E-state index in [-0.39, 0.29) is 0 Å². The molecular weight excluding hydrogens is 228 g/mol. The summed E-state index contributed by atoms with van der Waals surface area (Å²) in [6.45, 7) is 1.34. The van der Waals surface area contributed by atoms with Crippen molar-refractivity contribution in [3.63, 3.8) is 0 Å². The summed E-state index contributed by atoms with van der Waals surface area (Å²) in [5.41, 5.74) is 1.87. The van der Waals surface area contributed by atoms with Crippen LogP contribution in [-0.4, -0.2) is 30.1 Å². The summed E-state index contributed by atoms with van der Waals surface area (Å²) < 4.78 is 25.5. The SMILES string of the molecule is Cc1cccc(C)c1C(=O)NCC(F)(F)CO. The number of aliphatic hydroxyl groups is 1. The Bertz CT molecular complexity index is 399. The minimum absolute atomic E-state index is 0.404. The van der Waals surface area contributed by atoms with Gasteiger partial charge in [0.2, 0.25) is 0 Å². The molecule has 1 aromatic carbocycles. The minimum Gasteiger partial charge on any atom is -0.390 e. The number of hydrogen-bond donors (Lipinski definition) is 2. The lowest BCUT2D eigenvalue weighted by molar-refractivity contribution is -0.0462. The molecule has 1 aromatic rings. The molecule has 0 fully saturated rings. The number of carbonyl (C=O) groups is 1. The number of rotatable bonds is 4. The summed E-state index contributed by atoms with van der Waals surface area (Å²) in [5, 5.41) is 10.5. The van der Waals surface area contributed by atoms with E-state index in [9.17, 15) is 13.6 Å². The van der Waals surface area contributed by atoms with E-state index in [1.807, 2.05) is 0 Å². The van der Waals surface area contributed by atoms with Crippen molar-refractivity contribution in [3.8, 4) is 0 Å². The molecule has 5 heteroatoms. The molecule has 0 saturated heterocycles. The predicted molar refractivity (Wildman–Crippen MR) is 60.3 cm³/mol. The summed E-state index contributed by atoms with van der Waals surface area (Å²) in [6, 6.07) is 5.28. The van der Waals surface area contributed by atoms with Crippen molar-refractivity contribution < 1.29 is 18.7 Å². The van der Waals surface area contributed by atoms with Gasteiger partial charge in [0, 0.05) is 5.56 Å². The zero-order chi connectivity index (χ0) is 13.1. The van der Waals surface area contributed by atoms with Gasteiger partial charge in [-0.15, -0.1) is 0 Å². The van der Waals surface area contributed by atoms with Crippen LogP contribution < -0.4 is 5.32 Å². The first-order valence-corrected chi connectivity index (χ1v) is 5.20. The van der Waals surface area contributed by atoms with Gasteiger partial charge in [-0.25, -0.2) is 8.78 Å².